The number of nitrogens with one attached hydrogen (secondary N) is 1. The van der Waals surface area contributed by atoms with Gasteiger partial charge in [0.15, 0.2) is 0 Å². The Morgan fingerprint density at radius 1 is 1.09 bits per heavy atom. The minimum atomic E-state index is -1.11. The lowest BCUT2D eigenvalue weighted by Crippen LogP contribution is -2.53. The second-order valence-corrected chi connectivity index (χ2v) is 9.67. The van der Waals surface area contributed by atoms with E-state index in [1.807, 2.05) is 75.5 Å². The van der Waals surface area contributed by atoms with Crippen molar-refractivity contribution in [3.63, 3.8) is 0 Å². The lowest BCUT2D eigenvalue weighted by atomic mass is 9.54. The van der Waals surface area contributed by atoms with E-state index in [2.05, 4.69) is 23.2 Å². The van der Waals surface area contributed by atoms with E-state index in [-0.39, 0.29) is 24.4 Å². The Labute approximate surface area is 204 Å². The van der Waals surface area contributed by atoms with Crippen molar-refractivity contribution in [2.24, 2.45) is 0 Å². The summed E-state index contributed by atoms with van der Waals surface area (Å²) < 4.78 is 5.73. The molecule has 1 amide bonds. The number of ether oxygens (including phenoxy) is 1. The first-order valence-electron chi connectivity index (χ1n) is 12.2. The Morgan fingerprint density at radius 2 is 1.83 bits per heavy atom. The van der Waals surface area contributed by atoms with Crippen molar-refractivity contribution < 1.29 is 14.3 Å². The number of hydrogen-bond donors (Lipinski definition) is 1. The van der Waals surface area contributed by atoms with E-state index >= 15 is 0 Å². The van der Waals surface area contributed by atoms with Crippen LogP contribution in [0.25, 0.3) is 10.9 Å². The normalized spacial score (nSPS) is 22.9. The number of amides is 1. The molecule has 2 heterocycles. The molecule has 35 heavy (non-hydrogen) atoms. The average molecular weight is 465 g/mol. The van der Waals surface area contributed by atoms with E-state index in [1.165, 1.54) is 0 Å². The van der Waals surface area contributed by atoms with E-state index in [4.69, 9.17) is 4.74 Å². The van der Waals surface area contributed by atoms with Crippen molar-refractivity contribution in [1.82, 2.24) is 4.98 Å². The lowest BCUT2D eigenvalue weighted by molar-refractivity contribution is -0.150. The second-order valence-electron chi connectivity index (χ2n) is 9.67. The molecule has 0 saturated carbocycles. The van der Waals surface area contributed by atoms with Gasteiger partial charge in [0.25, 0.3) is 0 Å². The quantitative estimate of drug-likeness (QED) is 0.414. The summed E-state index contributed by atoms with van der Waals surface area (Å²) in [5.74, 6) is -1.42. The number of benzene rings is 3. The minimum absolute atomic E-state index is 0.0547. The summed E-state index contributed by atoms with van der Waals surface area (Å²) in [5, 5.41) is 0.975. The first kappa shape index (κ1) is 21.7. The molecule has 0 radical (unpaired) electrons. The Kier molecular flexibility index (Phi) is 4.85. The predicted molar refractivity (Wildman–Crippen MR) is 137 cm³/mol. The molecule has 176 valence electrons. The van der Waals surface area contributed by atoms with E-state index < -0.39 is 11.3 Å². The molecule has 3 aromatic carbocycles. The van der Waals surface area contributed by atoms with Crippen LogP contribution in [0.5, 0.6) is 0 Å². The molecular formula is C30H28N2O3. The molecule has 6 rings (SSSR count). The van der Waals surface area contributed by atoms with E-state index in [1.54, 1.807) is 4.90 Å². The van der Waals surface area contributed by atoms with Crippen LogP contribution >= 0.6 is 0 Å². The van der Waals surface area contributed by atoms with Crippen LogP contribution in [-0.2, 0) is 26.2 Å². The van der Waals surface area contributed by atoms with E-state index in [9.17, 15) is 9.59 Å². The Hall–Kier alpha value is -3.86. The number of aryl methyl sites for hydroxylation is 1. The molecule has 3 atom stereocenters. The van der Waals surface area contributed by atoms with Crippen LogP contribution in [0.3, 0.4) is 0 Å². The fourth-order valence-electron chi connectivity index (χ4n) is 6.49. The molecule has 5 heteroatoms. The number of aromatic amines is 1. The van der Waals surface area contributed by atoms with Gasteiger partial charge in [-0.15, -0.1) is 0 Å². The number of rotatable bonds is 3. The number of nitrogens with zero attached hydrogens (tertiary/aromatic N) is 1. The number of anilines is 1. The summed E-state index contributed by atoms with van der Waals surface area (Å²) in [6, 6.07) is 24.3. The Bertz CT molecular complexity index is 1470. The van der Waals surface area contributed by atoms with E-state index in [0.717, 1.165) is 44.5 Å². The summed E-state index contributed by atoms with van der Waals surface area (Å²) in [7, 11) is 1.82. The van der Waals surface area contributed by atoms with Crippen LogP contribution in [0, 0.1) is 6.92 Å². The highest BCUT2D eigenvalue weighted by Crippen LogP contribution is 2.61. The molecule has 5 nitrogen and oxygen atoms in total. The number of likely N-dealkylation sites (N-methyl/N-ethyl adjacent to an activating group) is 1. The van der Waals surface area contributed by atoms with E-state index in [0.29, 0.717) is 6.42 Å². The fraction of sp³-hybridized carbons (Fsp3) is 0.267. The third kappa shape index (κ3) is 2.87. The maximum Gasteiger partial charge on any atom is 0.314 e. The molecular weight excluding hydrogens is 436 g/mol. The molecule has 1 aromatic heterocycles. The van der Waals surface area contributed by atoms with Gasteiger partial charge in [0, 0.05) is 35.2 Å². The summed E-state index contributed by atoms with van der Waals surface area (Å²) in [6.45, 7) is 4.11. The van der Waals surface area contributed by atoms with Crippen molar-refractivity contribution in [2.45, 2.75) is 37.5 Å². The van der Waals surface area contributed by atoms with Crippen molar-refractivity contribution in [3.8, 4) is 0 Å². The van der Waals surface area contributed by atoms with Crippen LogP contribution in [0.15, 0.2) is 72.8 Å². The zero-order valence-corrected chi connectivity index (χ0v) is 20.2. The Morgan fingerprint density at radius 3 is 2.60 bits per heavy atom. The number of carbonyl (C=O) groups is 2. The maximum atomic E-state index is 14.5. The second kappa shape index (κ2) is 7.84. The van der Waals surface area contributed by atoms with Gasteiger partial charge in [-0.3, -0.25) is 9.59 Å². The van der Waals surface area contributed by atoms with Gasteiger partial charge in [-0.25, -0.2) is 0 Å². The molecule has 2 aliphatic rings. The molecule has 4 aromatic rings. The molecule has 1 N–H and O–H groups in total. The number of H-pyrrole nitrogens is 1. The largest absolute Gasteiger partial charge is 0.465 e. The van der Waals surface area contributed by atoms with Gasteiger partial charge in [0.05, 0.1) is 6.61 Å². The zero-order valence-electron chi connectivity index (χ0n) is 20.2. The van der Waals surface area contributed by atoms with Gasteiger partial charge in [-0.1, -0.05) is 66.2 Å². The SMILES string of the molecule is CCOC(=O)[C@@H]1c2c([nH]c3ccccc23)C[C@@H](c2ccccc2)[C@@]12C(=O)N(C)c1ccc(C)cc12. The number of aromatic nitrogens is 1. The van der Waals surface area contributed by atoms with Crippen molar-refractivity contribution in [3.05, 3.63) is 101 Å². The number of esters is 1. The molecule has 0 saturated heterocycles. The van der Waals surface area contributed by atoms with Crippen molar-refractivity contribution in [2.75, 3.05) is 18.6 Å². The minimum Gasteiger partial charge on any atom is -0.465 e. The van der Waals surface area contributed by atoms with Gasteiger partial charge >= 0.3 is 5.97 Å². The summed E-state index contributed by atoms with van der Waals surface area (Å²) >= 11 is 0. The first-order chi connectivity index (χ1) is 17.0. The highest BCUT2D eigenvalue weighted by atomic mass is 16.5. The van der Waals surface area contributed by atoms with Crippen molar-refractivity contribution in [1.29, 1.82) is 0 Å². The first-order valence-corrected chi connectivity index (χ1v) is 12.2. The predicted octanol–water partition coefficient (Wildman–Crippen LogP) is 5.38. The topological polar surface area (TPSA) is 62.4 Å². The molecule has 0 fully saturated rings. The van der Waals surface area contributed by atoms with Gasteiger partial charge in [0.1, 0.15) is 11.3 Å². The maximum absolute atomic E-state index is 14.5. The third-order valence-corrected chi connectivity index (χ3v) is 7.87. The highest BCUT2D eigenvalue weighted by molar-refractivity contribution is 6.13. The van der Waals surface area contributed by atoms with Gasteiger partial charge in [0.2, 0.25) is 5.91 Å². The van der Waals surface area contributed by atoms with Gasteiger partial charge in [-0.2, -0.15) is 0 Å². The fourth-order valence-corrected chi connectivity index (χ4v) is 6.49. The van der Waals surface area contributed by atoms with Crippen LogP contribution in [-0.4, -0.2) is 30.5 Å². The molecule has 1 aliphatic carbocycles. The molecule has 1 aliphatic heterocycles. The Balaban J connectivity index is 1.76. The number of fused-ring (bicyclic) bond motifs is 5. The van der Waals surface area contributed by atoms with Crippen LogP contribution in [0.2, 0.25) is 0 Å². The smallest absolute Gasteiger partial charge is 0.314 e. The van der Waals surface area contributed by atoms with Crippen LogP contribution < -0.4 is 4.90 Å². The van der Waals surface area contributed by atoms with Gasteiger partial charge < -0.3 is 14.6 Å². The number of hydrogen-bond acceptors (Lipinski definition) is 3. The number of carbonyl (C=O) groups excluding carboxylic acids is 2. The number of para-hydroxylation sites is 1. The lowest BCUT2D eigenvalue weighted by Gasteiger charge is -2.45. The standard InChI is InChI=1S/C30H28N2O3/c1-4-35-28(33)27-26-20-12-8-9-13-23(20)31-24(26)17-21(19-10-6-5-7-11-19)30(27)22-16-18(2)14-15-25(22)32(3)29(30)34/h5-16,21,27,31H,4,17H2,1-3H3/t21-,27-,30-/m0/s1. The molecule has 1 spiro atoms. The summed E-state index contributed by atoms with van der Waals surface area (Å²) in [5.41, 5.74) is 5.63. The monoisotopic (exact) mass is 464 g/mol. The molecule has 0 unspecified atom stereocenters. The van der Waals surface area contributed by atoms with Crippen LogP contribution in [0.4, 0.5) is 5.69 Å². The summed E-state index contributed by atoms with van der Waals surface area (Å²) in [6.07, 6.45) is 0.622. The van der Waals surface area contributed by atoms with Crippen LogP contribution in [0.1, 0.15) is 46.7 Å². The highest BCUT2D eigenvalue weighted by Gasteiger charge is 2.65. The average Bonchev–Trinajstić information content (AvgIpc) is 3.34. The molecule has 0 bridgehead atoms. The summed E-state index contributed by atoms with van der Waals surface area (Å²) in [4.78, 5) is 33.8. The van der Waals surface area contributed by atoms with Gasteiger partial charge in [-0.05, 0) is 49.1 Å². The zero-order chi connectivity index (χ0) is 24.3. The van der Waals surface area contributed by atoms with Crippen molar-refractivity contribution >= 4 is 28.5 Å². The third-order valence-electron chi connectivity index (χ3n) is 7.87.